The van der Waals surface area contributed by atoms with Gasteiger partial charge in [-0.05, 0) is 41.4 Å². The summed E-state index contributed by atoms with van der Waals surface area (Å²) in [6.07, 6.45) is 6.23. The number of halogens is 1. The molecule has 1 fully saturated rings. The van der Waals surface area contributed by atoms with E-state index in [0.29, 0.717) is 11.7 Å². The zero-order chi connectivity index (χ0) is 15.6. The van der Waals surface area contributed by atoms with Crippen molar-refractivity contribution in [2.24, 2.45) is 5.92 Å². The van der Waals surface area contributed by atoms with Gasteiger partial charge in [0.1, 0.15) is 11.9 Å². The largest absolute Gasteiger partial charge is 0.383 e. The lowest BCUT2D eigenvalue weighted by atomic mass is 9.84. The second-order valence-electron chi connectivity index (χ2n) is 6.93. The first kappa shape index (κ1) is 16.9. The van der Waals surface area contributed by atoms with Gasteiger partial charge in [-0.2, -0.15) is 0 Å². The number of nitrogens with zero attached hydrogens (tertiary/aromatic N) is 2. The van der Waals surface area contributed by atoms with Gasteiger partial charge in [-0.3, -0.25) is 0 Å². The van der Waals surface area contributed by atoms with Gasteiger partial charge >= 0.3 is 0 Å². The fraction of sp³-hybridized carbons (Fsp3) is 0.750. The Balaban J connectivity index is 2.39. The summed E-state index contributed by atoms with van der Waals surface area (Å²) in [7, 11) is 1.76. The first-order valence-electron chi connectivity index (χ1n) is 7.70. The highest BCUT2D eigenvalue weighted by Crippen LogP contribution is 2.37. The van der Waals surface area contributed by atoms with Gasteiger partial charge < -0.3 is 10.5 Å². The summed E-state index contributed by atoms with van der Waals surface area (Å²) in [6, 6.07) is 0. The van der Waals surface area contributed by atoms with Crippen LogP contribution in [0.1, 0.15) is 70.5 Å². The minimum Gasteiger partial charge on any atom is -0.383 e. The smallest absolute Gasteiger partial charge is 0.160 e. The van der Waals surface area contributed by atoms with Crippen LogP contribution in [0.4, 0.5) is 5.82 Å². The zero-order valence-corrected chi connectivity index (χ0v) is 15.6. The number of hydrogen-bond acceptors (Lipinski definition) is 4. The average Bonchev–Trinajstić information content (AvgIpc) is 2.43. The van der Waals surface area contributed by atoms with Gasteiger partial charge in [-0.1, -0.05) is 40.0 Å². The second-order valence-corrected chi connectivity index (χ2v) is 8.01. The lowest BCUT2D eigenvalue weighted by molar-refractivity contribution is 0.0287. The average molecular weight is 403 g/mol. The maximum absolute atomic E-state index is 6.13. The molecule has 1 aliphatic carbocycles. The quantitative estimate of drug-likeness (QED) is 0.768. The van der Waals surface area contributed by atoms with Crippen molar-refractivity contribution in [3.05, 3.63) is 15.1 Å². The molecule has 0 spiro atoms. The van der Waals surface area contributed by atoms with E-state index in [1.165, 1.54) is 32.1 Å². The molecular weight excluding hydrogens is 377 g/mol. The predicted octanol–water partition coefficient (Wildman–Crippen LogP) is 4.23. The molecule has 1 aromatic rings. The molecule has 0 bridgehead atoms. The molecule has 1 saturated carbocycles. The van der Waals surface area contributed by atoms with E-state index in [0.717, 1.165) is 15.1 Å². The number of nitrogens with two attached hydrogens (primary N) is 1. The van der Waals surface area contributed by atoms with Gasteiger partial charge in [0.2, 0.25) is 0 Å². The highest BCUT2D eigenvalue weighted by Gasteiger charge is 2.30. The minimum absolute atomic E-state index is 0.0364. The van der Waals surface area contributed by atoms with Crippen LogP contribution in [0.5, 0.6) is 0 Å². The molecule has 118 valence electrons. The molecule has 0 amide bonds. The van der Waals surface area contributed by atoms with Gasteiger partial charge in [0, 0.05) is 12.5 Å². The van der Waals surface area contributed by atoms with Crippen LogP contribution in [-0.4, -0.2) is 17.1 Å². The number of aromatic nitrogens is 2. The molecule has 0 radical (unpaired) electrons. The normalized spacial score (nSPS) is 18.7. The molecule has 2 rings (SSSR count). The van der Waals surface area contributed by atoms with E-state index in [4.69, 9.17) is 15.5 Å². The monoisotopic (exact) mass is 403 g/mol. The Labute approximate surface area is 141 Å². The fourth-order valence-corrected chi connectivity index (χ4v) is 4.10. The van der Waals surface area contributed by atoms with Gasteiger partial charge in [0.05, 0.1) is 9.26 Å². The summed E-state index contributed by atoms with van der Waals surface area (Å²) in [4.78, 5) is 9.35. The highest BCUT2D eigenvalue weighted by atomic mass is 127. The van der Waals surface area contributed by atoms with Crippen molar-refractivity contribution < 1.29 is 4.74 Å². The van der Waals surface area contributed by atoms with E-state index in [-0.39, 0.29) is 11.5 Å². The molecule has 5 heteroatoms. The van der Waals surface area contributed by atoms with Crippen molar-refractivity contribution in [2.75, 3.05) is 12.8 Å². The number of nitrogen functional groups attached to an aromatic ring is 1. The number of hydrogen-bond donors (Lipinski definition) is 1. The Kier molecular flexibility index (Phi) is 5.46. The van der Waals surface area contributed by atoms with Gasteiger partial charge in [-0.25, -0.2) is 9.97 Å². The number of anilines is 1. The lowest BCUT2D eigenvalue weighted by Gasteiger charge is -2.29. The maximum Gasteiger partial charge on any atom is 0.160 e. The van der Waals surface area contributed by atoms with E-state index in [9.17, 15) is 0 Å². The Morgan fingerprint density at radius 1 is 1.19 bits per heavy atom. The van der Waals surface area contributed by atoms with Crippen LogP contribution in [0.15, 0.2) is 0 Å². The Morgan fingerprint density at radius 3 is 2.33 bits per heavy atom. The fourth-order valence-electron chi connectivity index (χ4n) is 3.05. The third kappa shape index (κ3) is 3.86. The molecule has 0 aromatic carbocycles. The summed E-state index contributed by atoms with van der Waals surface area (Å²) in [5.41, 5.74) is 7.09. The van der Waals surface area contributed by atoms with Crippen molar-refractivity contribution in [3.8, 4) is 0 Å². The number of methoxy groups -OCH3 is 1. The van der Waals surface area contributed by atoms with Crippen LogP contribution >= 0.6 is 22.6 Å². The predicted molar refractivity (Wildman–Crippen MR) is 94.2 cm³/mol. The summed E-state index contributed by atoms with van der Waals surface area (Å²) in [5.74, 6) is 1.84. The SMILES string of the molecule is COC(c1nc(N)c(I)c(C(C)(C)C)n1)C1CCCCC1. The Bertz CT molecular complexity index is 493. The second kappa shape index (κ2) is 6.77. The molecule has 1 atom stereocenters. The Hall–Kier alpha value is -0.430. The van der Waals surface area contributed by atoms with E-state index in [1.54, 1.807) is 7.11 Å². The third-order valence-electron chi connectivity index (χ3n) is 4.19. The van der Waals surface area contributed by atoms with Gasteiger partial charge in [-0.15, -0.1) is 0 Å². The van der Waals surface area contributed by atoms with Crippen LogP contribution in [0.25, 0.3) is 0 Å². The summed E-state index contributed by atoms with van der Waals surface area (Å²) >= 11 is 2.25. The molecule has 1 unspecified atom stereocenters. The summed E-state index contributed by atoms with van der Waals surface area (Å²) in [5, 5.41) is 0. The number of rotatable bonds is 3. The third-order valence-corrected chi connectivity index (χ3v) is 5.25. The van der Waals surface area contributed by atoms with Crippen molar-refractivity contribution in [1.29, 1.82) is 0 Å². The summed E-state index contributed by atoms with van der Waals surface area (Å²) < 4.78 is 6.72. The van der Waals surface area contributed by atoms with Crippen LogP contribution in [0.2, 0.25) is 0 Å². The number of ether oxygens (including phenoxy) is 1. The van der Waals surface area contributed by atoms with E-state index in [1.807, 2.05) is 0 Å². The van der Waals surface area contributed by atoms with E-state index < -0.39 is 0 Å². The maximum atomic E-state index is 6.13. The topological polar surface area (TPSA) is 61.0 Å². The van der Waals surface area contributed by atoms with Crippen LogP contribution in [0, 0.1) is 9.49 Å². The molecule has 0 aliphatic heterocycles. The van der Waals surface area contributed by atoms with Crippen molar-refractivity contribution in [1.82, 2.24) is 9.97 Å². The zero-order valence-electron chi connectivity index (χ0n) is 13.4. The Morgan fingerprint density at radius 2 is 1.81 bits per heavy atom. The van der Waals surface area contributed by atoms with Crippen molar-refractivity contribution in [3.63, 3.8) is 0 Å². The molecule has 1 heterocycles. The van der Waals surface area contributed by atoms with Crippen molar-refractivity contribution in [2.45, 2.75) is 64.4 Å². The molecule has 1 aliphatic rings. The standard InChI is InChI=1S/C16H26IN3O/c1-16(2,3)13-11(17)14(18)20-15(19-13)12(21-4)10-8-6-5-7-9-10/h10,12H,5-9H2,1-4H3,(H2,18,19,20). The van der Waals surface area contributed by atoms with Crippen LogP contribution in [0.3, 0.4) is 0 Å². The van der Waals surface area contributed by atoms with Crippen LogP contribution < -0.4 is 5.73 Å². The van der Waals surface area contributed by atoms with E-state index >= 15 is 0 Å². The summed E-state index contributed by atoms with van der Waals surface area (Å²) in [6.45, 7) is 6.47. The molecule has 4 nitrogen and oxygen atoms in total. The van der Waals surface area contributed by atoms with Crippen LogP contribution in [-0.2, 0) is 10.2 Å². The molecule has 21 heavy (non-hydrogen) atoms. The molecule has 2 N–H and O–H groups in total. The molecule has 0 saturated heterocycles. The first-order valence-corrected chi connectivity index (χ1v) is 8.78. The minimum atomic E-state index is -0.0484. The molecule has 1 aromatic heterocycles. The van der Waals surface area contributed by atoms with Crippen molar-refractivity contribution >= 4 is 28.4 Å². The molecular formula is C16H26IN3O. The highest BCUT2D eigenvalue weighted by molar-refractivity contribution is 14.1. The first-order chi connectivity index (χ1) is 9.84. The van der Waals surface area contributed by atoms with Gasteiger partial charge in [0.15, 0.2) is 5.82 Å². The van der Waals surface area contributed by atoms with E-state index in [2.05, 4.69) is 48.3 Å². The lowest BCUT2D eigenvalue weighted by Crippen LogP contribution is -2.24. The van der Waals surface area contributed by atoms with Gasteiger partial charge in [0.25, 0.3) is 0 Å².